The summed E-state index contributed by atoms with van der Waals surface area (Å²) >= 11 is 0. The van der Waals surface area contributed by atoms with Gasteiger partial charge in [0.2, 0.25) is 0 Å². The van der Waals surface area contributed by atoms with Crippen molar-refractivity contribution in [2.45, 2.75) is 58.0 Å². The molecule has 3 fully saturated rings. The fourth-order valence-corrected chi connectivity index (χ4v) is 3.64. The lowest BCUT2D eigenvalue weighted by atomic mass is 9.81. The van der Waals surface area contributed by atoms with Gasteiger partial charge < -0.3 is 0 Å². The van der Waals surface area contributed by atoms with Crippen LogP contribution >= 0.6 is 0 Å². The molecule has 2 bridgehead atoms. The first-order valence-electron chi connectivity index (χ1n) is 6.33. The molecule has 0 aromatic heterocycles. The summed E-state index contributed by atoms with van der Waals surface area (Å²) in [6.45, 7) is 3.90. The van der Waals surface area contributed by atoms with E-state index in [1.54, 1.807) is 10.0 Å². The van der Waals surface area contributed by atoms with Gasteiger partial charge in [0.1, 0.15) is 5.41 Å². The van der Waals surface area contributed by atoms with Crippen LogP contribution in [0.1, 0.15) is 46.0 Å². The van der Waals surface area contributed by atoms with Crippen LogP contribution < -0.4 is 0 Å². The Balaban J connectivity index is 2.04. The van der Waals surface area contributed by atoms with E-state index in [4.69, 9.17) is 0 Å². The van der Waals surface area contributed by atoms with E-state index in [-0.39, 0.29) is 11.8 Å². The summed E-state index contributed by atoms with van der Waals surface area (Å²) in [5.41, 5.74) is -0.735. The third-order valence-electron chi connectivity index (χ3n) is 4.74. The van der Waals surface area contributed by atoms with E-state index < -0.39 is 5.41 Å². The minimum absolute atomic E-state index is 0.0645. The van der Waals surface area contributed by atoms with E-state index in [2.05, 4.69) is 0 Å². The van der Waals surface area contributed by atoms with Gasteiger partial charge in [0.05, 0.1) is 12.1 Å². The Kier molecular flexibility index (Phi) is 1.89. The molecule has 2 heterocycles. The summed E-state index contributed by atoms with van der Waals surface area (Å²) in [7, 11) is 0. The summed E-state index contributed by atoms with van der Waals surface area (Å²) in [5.74, 6) is 0.129. The molecule has 3 rings (SSSR count). The van der Waals surface area contributed by atoms with Crippen molar-refractivity contribution in [2.75, 3.05) is 0 Å². The zero-order chi connectivity index (χ0) is 11.5. The Morgan fingerprint density at radius 1 is 1.06 bits per heavy atom. The first-order valence-corrected chi connectivity index (χ1v) is 6.33. The second-order valence-electron chi connectivity index (χ2n) is 5.21. The second-order valence-corrected chi connectivity index (χ2v) is 5.21. The predicted octanol–water partition coefficient (Wildman–Crippen LogP) is 1.31. The molecule has 2 aliphatic heterocycles. The second kappa shape index (κ2) is 2.99. The zero-order valence-corrected chi connectivity index (χ0v) is 9.90. The van der Waals surface area contributed by atoms with E-state index in [9.17, 15) is 9.59 Å². The molecule has 3 aliphatic rings. The van der Waals surface area contributed by atoms with E-state index in [1.165, 1.54) is 0 Å². The molecule has 88 valence electrons. The summed E-state index contributed by atoms with van der Waals surface area (Å²) in [6.07, 6.45) is 4.41. The van der Waals surface area contributed by atoms with Gasteiger partial charge in [0.15, 0.2) is 0 Å². The molecule has 2 amide bonds. The Morgan fingerprint density at radius 3 is 1.88 bits per heavy atom. The van der Waals surface area contributed by atoms with Gasteiger partial charge in [-0.3, -0.25) is 9.59 Å². The van der Waals surface area contributed by atoms with Crippen molar-refractivity contribution in [3.63, 3.8) is 0 Å². The highest BCUT2D eigenvalue weighted by Crippen LogP contribution is 2.49. The van der Waals surface area contributed by atoms with Gasteiger partial charge in [-0.15, -0.1) is 0 Å². The van der Waals surface area contributed by atoms with Crippen LogP contribution in [-0.2, 0) is 9.59 Å². The molecule has 0 spiro atoms. The van der Waals surface area contributed by atoms with Crippen LogP contribution in [0, 0.1) is 5.41 Å². The number of fused-ring (bicyclic) bond motifs is 5. The maximum Gasteiger partial charge on any atom is 0.257 e. The first kappa shape index (κ1) is 10.1. The minimum atomic E-state index is -0.735. The average Bonchev–Trinajstić information content (AvgIpc) is 2.94. The summed E-state index contributed by atoms with van der Waals surface area (Å²) in [6, 6.07) is 0.614. The lowest BCUT2D eigenvalue weighted by molar-refractivity contribution is -0.150. The quantitative estimate of drug-likeness (QED) is 0.661. The molecular formula is C12H18N2O2. The zero-order valence-electron chi connectivity index (χ0n) is 9.90. The Bertz CT molecular complexity index is 332. The third kappa shape index (κ3) is 0.874. The normalized spacial score (nSPS) is 35.1. The lowest BCUT2D eigenvalue weighted by Crippen LogP contribution is -2.45. The van der Waals surface area contributed by atoms with Crippen molar-refractivity contribution < 1.29 is 9.59 Å². The Morgan fingerprint density at radius 2 is 1.50 bits per heavy atom. The van der Waals surface area contributed by atoms with Crippen LogP contribution in [0.4, 0.5) is 0 Å². The lowest BCUT2D eigenvalue weighted by Gasteiger charge is -2.31. The number of hydrogen-bond acceptors (Lipinski definition) is 2. The highest BCUT2D eigenvalue weighted by Gasteiger charge is 2.63. The SMILES string of the molecule is CCC1(CC)C(=O)N2C3CCC(C3)N2C1=O. The van der Waals surface area contributed by atoms with Gasteiger partial charge in [-0.1, -0.05) is 13.8 Å². The summed E-state index contributed by atoms with van der Waals surface area (Å²) in [5, 5.41) is 3.56. The molecule has 0 N–H and O–H groups in total. The molecule has 2 atom stereocenters. The molecule has 1 aliphatic carbocycles. The molecule has 0 aromatic rings. The maximum absolute atomic E-state index is 12.4. The molecule has 4 nitrogen and oxygen atoms in total. The van der Waals surface area contributed by atoms with Gasteiger partial charge >= 0.3 is 0 Å². The predicted molar refractivity (Wildman–Crippen MR) is 58.1 cm³/mol. The molecule has 1 saturated carbocycles. The van der Waals surface area contributed by atoms with E-state index in [0.29, 0.717) is 24.9 Å². The van der Waals surface area contributed by atoms with Crippen molar-refractivity contribution in [1.82, 2.24) is 10.0 Å². The topological polar surface area (TPSA) is 40.6 Å². The van der Waals surface area contributed by atoms with Crippen LogP contribution in [0.2, 0.25) is 0 Å². The fraction of sp³-hybridized carbons (Fsp3) is 0.833. The summed E-state index contributed by atoms with van der Waals surface area (Å²) in [4.78, 5) is 24.9. The highest BCUT2D eigenvalue weighted by atomic mass is 16.2. The summed E-state index contributed by atoms with van der Waals surface area (Å²) < 4.78 is 0. The van der Waals surface area contributed by atoms with Crippen molar-refractivity contribution in [3.05, 3.63) is 0 Å². The number of amides is 2. The molecule has 2 unspecified atom stereocenters. The van der Waals surface area contributed by atoms with Crippen LogP contribution in [0.15, 0.2) is 0 Å². The van der Waals surface area contributed by atoms with E-state index >= 15 is 0 Å². The molecular weight excluding hydrogens is 204 g/mol. The Labute approximate surface area is 95.5 Å². The van der Waals surface area contributed by atoms with Crippen molar-refractivity contribution >= 4 is 11.8 Å². The first-order chi connectivity index (χ1) is 7.65. The van der Waals surface area contributed by atoms with Crippen LogP contribution in [-0.4, -0.2) is 33.9 Å². The van der Waals surface area contributed by atoms with Crippen LogP contribution in [0.25, 0.3) is 0 Å². The van der Waals surface area contributed by atoms with Gasteiger partial charge in [-0.25, -0.2) is 10.0 Å². The smallest absolute Gasteiger partial charge is 0.257 e. The van der Waals surface area contributed by atoms with Gasteiger partial charge in [0, 0.05) is 0 Å². The van der Waals surface area contributed by atoms with E-state index in [1.807, 2.05) is 13.8 Å². The standard InChI is InChI=1S/C12H18N2O2/c1-3-12(4-2)10(15)13-8-5-6-9(7-8)14(13)11(12)16/h8-9H,3-7H2,1-2H3. The number of hydrazine groups is 1. The van der Waals surface area contributed by atoms with Gasteiger partial charge in [0.25, 0.3) is 11.8 Å². The molecule has 0 aromatic carbocycles. The number of carbonyl (C=O) groups excluding carboxylic acids is 2. The molecule has 2 saturated heterocycles. The maximum atomic E-state index is 12.4. The third-order valence-corrected chi connectivity index (χ3v) is 4.74. The van der Waals surface area contributed by atoms with Gasteiger partial charge in [-0.2, -0.15) is 0 Å². The van der Waals surface area contributed by atoms with E-state index in [0.717, 1.165) is 19.3 Å². The van der Waals surface area contributed by atoms with Crippen molar-refractivity contribution in [2.24, 2.45) is 5.41 Å². The van der Waals surface area contributed by atoms with Crippen LogP contribution in [0.3, 0.4) is 0 Å². The number of nitrogens with zero attached hydrogens (tertiary/aromatic N) is 2. The Hall–Kier alpha value is -1.06. The van der Waals surface area contributed by atoms with Crippen LogP contribution in [0.5, 0.6) is 0 Å². The average molecular weight is 222 g/mol. The molecule has 0 radical (unpaired) electrons. The number of rotatable bonds is 2. The number of carbonyl (C=O) groups is 2. The monoisotopic (exact) mass is 222 g/mol. The largest absolute Gasteiger partial charge is 0.272 e. The highest BCUT2D eigenvalue weighted by molar-refractivity contribution is 6.10. The number of hydrogen-bond donors (Lipinski definition) is 0. The molecule has 4 heteroatoms. The van der Waals surface area contributed by atoms with Crippen molar-refractivity contribution in [1.29, 1.82) is 0 Å². The van der Waals surface area contributed by atoms with Crippen molar-refractivity contribution in [3.8, 4) is 0 Å². The minimum Gasteiger partial charge on any atom is -0.272 e. The fourth-order valence-electron chi connectivity index (χ4n) is 3.64. The van der Waals surface area contributed by atoms with Gasteiger partial charge in [-0.05, 0) is 32.1 Å². The molecule has 16 heavy (non-hydrogen) atoms.